The maximum Gasteiger partial charge on any atom is 0.315 e. The summed E-state index contributed by atoms with van der Waals surface area (Å²) in [5, 5.41) is 18.5. The first-order valence-electron chi connectivity index (χ1n) is 8.45. The zero-order chi connectivity index (χ0) is 19.6. The van der Waals surface area contributed by atoms with Gasteiger partial charge in [0.1, 0.15) is 28.8 Å². The summed E-state index contributed by atoms with van der Waals surface area (Å²) >= 11 is 0. The third-order valence-corrected chi connectivity index (χ3v) is 6.22. The molecule has 0 aliphatic carbocycles. The van der Waals surface area contributed by atoms with Crippen LogP contribution in [0.3, 0.4) is 0 Å². The molecule has 1 aliphatic heterocycles. The Morgan fingerprint density at radius 1 is 1.26 bits per heavy atom. The van der Waals surface area contributed by atoms with Gasteiger partial charge in [-0.1, -0.05) is 17.7 Å². The van der Waals surface area contributed by atoms with E-state index in [1.807, 2.05) is 38.1 Å². The van der Waals surface area contributed by atoms with Gasteiger partial charge in [-0.2, -0.15) is 5.26 Å². The molecule has 27 heavy (non-hydrogen) atoms. The van der Waals surface area contributed by atoms with E-state index >= 15 is 0 Å². The summed E-state index contributed by atoms with van der Waals surface area (Å²) in [5.41, 5.74) is 1.43. The van der Waals surface area contributed by atoms with Crippen molar-refractivity contribution in [3.63, 3.8) is 0 Å². The number of carboxylic acid groups (broad SMARTS) is 1. The van der Waals surface area contributed by atoms with Crippen LogP contribution in [0.25, 0.3) is 0 Å². The molecular weight excluding hydrogens is 364 g/mol. The molecule has 1 atom stereocenters. The van der Waals surface area contributed by atoms with Crippen LogP contribution in [0.4, 0.5) is 0 Å². The third-order valence-electron chi connectivity index (χ3n) is 4.66. The van der Waals surface area contributed by atoms with E-state index in [9.17, 15) is 14.1 Å². The molecule has 0 aromatic heterocycles. The first-order valence-corrected chi connectivity index (χ1v) is 9.56. The van der Waals surface area contributed by atoms with Gasteiger partial charge in [-0.15, -0.1) is 0 Å². The average molecular weight is 384 g/mol. The number of aryl methyl sites for hydroxylation is 2. The minimum Gasteiger partial charge on any atom is -0.492 e. The number of nitriles is 1. The molecule has 1 aliphatic rings. The molecule has 0 amide bonds. The van der Waals surface area contributed by atoms with E-state index in [2.05, 4.69) is 0 Å². The number of carbonyl (C=O) groups is 1. The topological polar surface area (TPSA) is 90.6 Å². The second kappa shape index (κ2) is 7.51. The highest BCUT2D eigenvalue weighted by atomic mass is 32.2. The van der Waals surface area contributed by atoms with Crippen molar-refractivity contribution in [1.82, 2.24) is 4.31 Å². The maximum absolute atomic E-state index is 12.8. The summed E-state index contributed by atoms with van der Waals surface area (Å²) in [4.78, 5) is 12.5. The molecule has 1 unspecified atom stereocenters. The van der Waals surface area contributed by atoms with Gasteiger partial charge >= 0.3 is 5.97 Å². The third kappa shape index (κ3) is 3.87. The Bertz CT molecular complexity index is 928. The average Bonchev–Trinajstić information content (AvgIpc) is 2.60. The molecule has 2 aromatic carbocycles. The quantitative estimate of drug-likeness (QED) is 0.827. The summed E-state index contributed by atoms with van der Waals surface area (Å²) in [6.45, 7) is 4.16. The van der Waals surface area contributed by atoms with Gasteiger partial charge in [-0.05, 0) is 49.7 Å². The highest BCUT2D eigenvalue weighted by Crippen LogP contribution is 2.35. The molecule has 0 spiro atoms. The van der Waals surface area contributed by atoms with Gasteiger partial charge in [0.15, 0.2) is 0 Å². The van der Waals surface area contributed by atoms with Crippen LogP contribution in [0, 0.1) is 30.6 Å². The molecule has 6 nitrogen and oxygen atoms in total. The smallest absolute Gasteiger partial charge is 0.315 e. The van der Waals surface area contributed by atoms with E-state index in [0.717, 1.165) is 11.1 Å². The van der Waals surface area contributed by atoms with Gasteiger partial charge in [0, 0.05) is 13.1 Å². The largest absolute Gasteiger partial charge is 0.492 e. The normalized spacial score (nSPS) is 16.8. The fourth-order valence-corrected chi connectivity index (χ4v) is 4.54. The lowest BCUT2D eigenvalue weighted by atomic mass is 9.83. The predicted molar refractivity (Wildman–Crippen MR) is 101 cm³/mol. The lowest BCUT2D eigenvalue weighted by molar-refractivity contribution is -0.158. The fraction of sp³-hybridized carbons (Fsp3) is 0.300. The van der Waals surface area contributed by atoms with Crippen molar-refractivity contribution in [2.75, 3.05) is 19.7 Å². The summed E-state index contributed by atoms with van der Waals surface area (Å²) in [6, 6.07) is 14.2. The molecule has 0 saturated carbocycles. The number of benzene rings is 2. The highest BCUT2D eigenvalue weighted by molar-refractivity contribution is 7.82. The molecule has 1 heterocycles. The minimum absolute atomic E-state index is 0.0190. The molecule has 3 rings (SSSR count). The van der Waals surface area contributed by atoms with Crippen LogP contribution < -0.4 is 4.74 Å². The Hall–Kier alpha value is -2.69. The van der Waals surface area contributed by atoms with E-state index < -0.39 is 22.4 Å². The zero-order valence-corrected chi connectivity index (χ0v) is 16.0. The van der Waals surface area contributed by atoms with Crippen molar-refractivity contribution in [2.45, 2.75) is 18.7 Å². The number of carboxylic acids is 1. The van der Waals surface area contributed by atoms with Gasteiger partial charge in [0.25, 0.3) is 0 Å². The van der Waals surface area contributed by atoms with Crippen molar-refractivity contribution in [2.24, 2.45) is 5.41 Å². The zero-order valence-electron chi connectivity index (χ0n) is 15.1. The molecule has 0 bridgehead atoms. The summed E-state index contributed by atoms with van der Waals surface area (Å²) in [5.74, 6) is -0.464. The monoisotopic (exact) mass is 384 g/mol. The number of ether oxygens (including phenoxy) is 1. The Labute approximate surface area is 160 Å². The Kier molecular flexibility index (Phi) is 5.31. The Morgan fingerprint density at radius 2 is 1.93 bits per heavy atom. The Morgan fingerprint density at radius 3 is 2.48 bits per heavy atom. The number of rotatable bonds is 6. The molecule has 1 fully saturated rings. The molecular formula is C20H20N2O4S. The van der Waals surface area contributed by atoms with E-state index in [-0.39, 0.29) is 19.7 Å². The van der Waals surface area contributed by atoms with Crippen LogP contribution >= 0.6 is 0 Å². The van der Waals surface area contributed by atoms with Crippen molar-refractivity contribution in [3.05, 3.63) is 59.2 Å². The fourth-order valence-electron chi connectivity index (χ4n) is 3.02. The molecule has 1 N–H and O–H groups in total. The number of aliphatic carboxylic acids is 1. The second-order valence-corrected chi connectivity index (χ2v) is 8.28. The van der Waals surface area contributed by atoms with Crippen LogP contribution in [-0.2, 0) is 15.8 Å². The number of nitrogens with zero attached hydrogens (tertiary/aromatic N) is 2. The maximum atomic E-state index is 12.8. The molecule has 1 saturated heterocycles. The summed E-state index contributed by atoms with van der Waals surface area (Å²) in [7, 11) is -1.40. The van der Waals surface area contributed by atoms with Gasteiger partial charge in [-0.25, -0.2) is 8.51 Å². The van der Waals surface area contributed by atoms with Crippen molar-refractivity contribution < 1.29 is 18.8 Å². The first kappa shape index (κ1) is 19.1. The number of hydrogen-bond acceptors (Lipinski definition) is 4. The molecule has 0 radical (unpaired) electrons. The molecule has 140 valence electrons. The van der Waals surface area contributed by atoms with Crippen molar-refractivity contribution >= 4 is 17.0 Å². The van der Waals surface area contributed by atoms with Crippen molar-refractivity contribution in [1.29, 1.82) is 5.26 Å². The minimum atomic E-state index is -1.40. The summed E-state index contributed by atoms with van der Waals surface area (Å²) in [6.07, 6.45) is 0. The van der Waals surface area contributed by atoms with Crippen LogP contribution in [0.15, 0.2) is 47.4 Å². The highest BCUT2D eigenvalue weighted by Gasteiger charge is 2.52. The van der Waals surface area contributed by atoms with Crippen LogP contribution in [0.1, 0.15) is 16.7 Å². The summed E-state index contributed by atoms with van der Waals surface area (Å²) < 4.78 is 20.1. The van der Waals surface area contributed by atoms with E-state index in [4.69, 9.17) is 10.00 Å². The lowest BCUT2D eigenvalue weighted by Crippen LogP contribution is -2.63. The van der Waals surface area contributed by atoms with Gasteiger partial charge < -0.3 is 9.84 Å². The molecule has 2 aromatic rings. The number of hydrogen-bond donors (Lipinski definition) is 1. The lowest BCUT2D eigenvalue weighted by Gasteiger charge is -2.45. The SMILES string of the molecule is Cc1ccc(S(=O)N2CC(COc3ccc(C#N)cc3)(C(=O)O)C2)c(C)c1. The van der Waals surface area contributed by atoms with Gasteiger partial charge in [-0.3, -0.25) is 4.79 Å². The first-order chi connectivity index (χ1) is 12.8. The van der Waals surface area contributed by atoms with Crippen molar-refractivity contribution in [3.8, 4) is 11.8 Å². The second-order valence-electron chi connectivity index (χ2n) is 6.83. The van der Waals surface area contributed by atoms with Gasteiger partial charge in [0.05, 0.1) is 16.5 Å². The van der Waals surface area contributed by atoms with E-state index in [1.54, 1.807) is 28.6 Å². The van der Waals surface area contributed by atoms with Crippen LogP contribution in [-0.4, -0.2) is 39.3 Å². The Balaban J connectivity index is 1.67. The van der Waals surface area contributed by atoms with Crippen LogP contribution in [0.5, 0.6) is 5.75 Å². The van der Waals surface area contributed by atoms with E-state index in [1.165, 1.54) is 0 Å². The standard InChI is InChI=1S/C20H20N2O4S/c1-14-3-8-18(15(2)9-14)27(25)22-11-20(12-22,19(23)24)13-26-17-6-4-16(10-21)5-7-17/h3-9H,11-13H2,1-2H3,(H,23,24). The predicted octanol–water partition coefficient (Wildman–Crippen LogP) is 2.66. The molecule has 7 heteroatoms. The van der Waals surface area contributed by atoms with Crippen LogP contribution in [0.2, 0.25) is 0 Å². The van der Waals surface area contributed by atoms with Gasteiger partial charge in [0.2, 0.25) is 0 Å². The van der Waals surface area contributed by atoms with E-state index in [0.29, 0.717) is 16.2 Å².